The Hall–Kier alpha value is -2.48. The fourth-order valence-electron chi connectivity index (χ4n) is 3.36. The van der Waals surface area contributed by atoms with Gasteiger partial charge in [0.05, 0.1) is 24.5 Å². The molecule has 0 bridgehead atoms. The summed E-state index contributed by atoms with van der Waals surface area (Å²) in [5.74, 6) is -0.273. The van der Waals surface area contributed by atoms with Crippen LogP contribution in [0.15, 0.2) is 24.4 Å². The first kappa shape index (κ1) is 16.0. The second-order valence-electron chi connectivity index (χ2n) is 6.54. The predicted octanol–water partition coefficient (Wildman–Crippen LogP) is 1.77. The molecule has 1 fully saturated rings. The zero-order valence-corrected chi connectivity index (χ0v) is 14.0. The molecule has 132 valence electrons. The van der Waals surface area contributed by atoms with E-state index < -0.39 is 5.82 Å². The van der Waals surface area contributed by atoms with E-state index in [1.54, 1.807) is 21.8 Å². The number of ether oxygens (including phenoxy) is 1. The van der Waals surface area contributed by atoms with Crippen molar-refractivity contribution in [2.24, 2.45) is 0 Å². The van der Waals surface area contributed by atoms with E-state index in [0.717, 1.165) is 25.9 Å². The third-order valence-electron chi connectivity index (χ3n) is 4.60. The number of carbonyl (C=O) groups excluding carboxylic acids is 1. The Bertz CT molecular complexity index is 787. The van der Waals surface area contributed by atoms with Crippen molar-refractivity contribution in [3.63, 3.8) is 0 Å². The maximum Gasteiger partial charge on any atom is 0.280 e. The van der Waals surface area contributed by atoms with Gasteiger partial charge in [0.2, 0.25) is 0 Å². The second kappa shape index (κ2) is 6.44. The number of piperidine rings is 1. The van der Waals surface area contributed by atoms with E-state index in [0.29, 0.717) is 18.0 Å². The lowest BCUT2D eigenvalue weighted by molar-refractivity contribution is 0.0956. The van der Waals surface area contributed by atoms with Crippen LogP contribution in [0.4, 0.5) is 10.1 Å². The molecule has 1 aromatic carbocycles. The summed E-state index contributed by atoms with van der Waals surface area (Å²) in [6.07, 6.45) is 3.56. The maximum absolute atomic E-state index is 13.5. The summed E-state index contributed by atoms with van der Waals surface area (Å²) in [5.41, 5.74) is 0.841. The van der Waals surface area contributed by atoms with Gasteiger partial charge in [-0.2, -0.15) is 0 Å². The molecule has 2 unspecified atom stereocenters. The van der Waals surface area contributed by atoms with Gasteiger partial charge in [-0.25, -0.2) is 9.07 Å². The van der Waals surface area contributed by atoms with Crippen LogP contribution in [-0.4, -0.2) is 46.6 Å². The molecule has 7 nitrogen and oxygen atoms in total. The number of aromatic nitrogens is 3. The first-order chi connectivity index (χ1) is 12.1. The summed E-state index contributed by atoms with van der Waals surface area (Å²) in [5, 5.41) is 11.5. The van der Waals surface area contributed by atoms with Crippen LogP contribution < -0.4 is 15.0 Å². The summed E-state index contributed by atoms with van der Waals surface area (Å²) >= 11 is 0. The van der Waals surface area contributed by atoms with E-state index in [1.807, 2.05) is 6.92 Å². The second-order valence-corrected chi connectivity index (χ2v) is 6.54. The lowest BCUT2D eigenvalue weighted by atomic mass is 10.1. The monoisotopic (exact) mass is 345 g/mol. The van der Waals surface area contributed by atoms with Crippen LogP contribution in [0.2, 0.25) is 0 Å². The molecule has 1 N–H and O–H groups in total. The molecule has 25 heavy (non-hydrogen) atoms. The van der Waals surface area contributed by atoms with Crippen LogP contribution in [-0.2, 0) is 0 Å². The molecule has 0 aliphatic carbocycles. The van der Waals surface area contributed by atoms with Gasteiger partial charge in [-0.1, -0.05) is 5.21 Å². The van der Waals surface area contributed by atoms with Gasteiger partial charge in [-0.05, 0) is 38.4 Å². The molecule has 1 saturated heterocycles. The molecule has 1 aromatic heterocycles. The highest BCUT2D eigenvalue weighted by atomic mass is 19.1. The normalized spacial score (nSPS) is 23.0. The molecule has 2 aromatic rings. The zero-order chi connectivity index (χ0) is 17.4. The number of carbonyl (C=O) groups is 1. The number of halogens is 1. The van der Waals surface area contributed by atoms with E-state index in [9.17, 15) is 9.18 Å². The third-order valence-corrected chi connectivity index (χ3v) is 4.60. The number of hydrogen-bond acceptors (Lipinski definition) is 5. The Labute approximate surface area is 144 Å². The van der Waals surface area contributed by atoms with Gasteiger partial charge in [0, 0.05) is 12.6 Å². The number of nitrogens with one attached hydrogen (secondary N) is 1. The summed E-state index contributed by atoms with van der Waals surface area (Å²) in [4.78, 5) is 14.5. The van der Waals surface area contributed by atoms with Crippen LogP contribution in [0.5, 0.6) is 5.75 Å². The van der Waals surface area contributed by atoms with E-state index >= 15 is 0 Å². The molecule has 1 amide bonds. The lowest BCUT2D eigenvalue weighted by Gasteiger charge is -2.32. The van der Waals surface area contributed by atoms with E-state index in [-0.39, 0.29) is 23.7 Å². The molecule has 2 aliphatic heterocycles. The average Bonchev–Trinajstić information content (AvgIpc) is 3.11. The van der Waals surface area contributed by atoms with Crippen molar-refractivity contribution in [3.05, 3.63) is 35.9 Å². The summed E-state index contributed by atoms with van der Waals surface area (Å²) < 4.78 is 20.9. The largest absolute Gasteiger partial charge is 0.487 e. The summed E-state index contributed by atoms with van der Waals surface area (Å²) in [7, 11) is 0. The van der Waals surface area contributed by atoms with Crippen molar-refractivity contribution in [1.29, 1.82) is 0 Å². The maximum atomic E-state index is 13.5. The molecule has 2 atom stereocenters. The van der Waals surface area contributed by atoms with Crippen LogP contribution in [0.25, 0.3) is 0 Å². The minimum Gasteiger partial charge on any atom is -0.487 e. The Kier molecular flexibility index (Phi) is 4.12. The van der Waals surface area contributed by atoms with Crippen LogP contribution in [0, 0.1) is 5.82 Å². The first-order valence-electron chi connectivity index (χ1n) is 8.52. The highest BCUT2D eigenvalue weighted by molar-refractivity contribution is 6.05. The van der Waals surface area contributed by atoms with Gasteiger partial charge in [0.25, 0.3) is 5.91 Å². The Balaban J connectivity index is 1.60. The standard InChI is InChI=1S/C17H20FN5O2/c1-11-9-22(15-5-4-12(18)7-16(15)25-11)17(24)14-10-23(21-20-14)13-3-2-6-19-8-13/h4-5,7,10-11,13,19H,2-3,6,8-9H2,1H3. The molecular weight excluding hydrogens is 325 g/mol. The third kappa shape index (κ3) is 3.09. The van der Waals surface area contributed by atoms with Crippen molar-refractivity contribution in [1.82, 2.24) is 20.3 Å². The highest BCUT2D eigenvalue weighted by Crippen LogP contribution is 2.34. The molecule has 0 saturated carbocycles. The topological polar surface area (TPSA) is 72.3 Å². The van der Waals surface area contributed by atoms with Crippen LogP contribution in [0.3, 0.4) is 0 Å². The minimum atomic E-state index is -0.393. The Morgan fingerprint density at radius 2 is 2.32 bits per heavy atom. The van der Waals surface area contributed by atoms with Crippen LogP contribution in [0.1, 0.15) is 36.3 Å². The fourth-order valence-corrected chi connectivity index (χ4v) is 3.36. The Morgan fingerprint density at radius 3 is 3.12 bits per heavy atom. The zero-order valence-electron chi connectivity index (χ0n) is 14.0. The van der Waals surface area contributed by atoms with E-state index in [1.165, 1.54) is 12.1 Å². The van der Waals surface area contributed by atoms with Crippen molar-refractivity contribution < 1.29 is 13.9 Å². The van der Waals surface area contributed by atoms with Gasteiger partial charge in [-0.3, -0.25) is 9.69 Å². The summed E-state index contributed by atoms with van der Waals surface area (Å²) in [6, 6.07) is 4.40. The van der Waals surface area contributed by atoms with Crippen molar-refractivity contribution in [2.45, 2.75) is 31.9 Å². The number of rotatable bonds is 2. The first-order valence-corrected chi connectivity index (χ1v) is 8.52. The summed E-state index contributed by atoms with van der Waals surface area (Å²) in [6.45, 7) is 4.07. The smallest absolute Gasteiger partial charge is 0.280 e. The minimum absolute atomic E-state index is 0.216. The quantitative estimate of drug-likeness (QED) is 0.898. The Morgan fingerprint density at radius 1 is 1.44 bits per heavy atom. The van der Waals surface area contributed by atoms with Gasteiger partial charge in [0.1, 0.15) is 17.7 Å². The van der Waals surface area contributed by atoms with E-state index in [2.05, 4.69) is 15.6 Å². The number of fused-ring (bicyclic) bond motifs is 1. The van der Waals surface area contributed by atoms with Gasteiger partial charge < -0.3 is 10.1 Å². The number of nitrogens with zero attached hydrogens (tertiary/aromatic N) is 4. The average molecular weight is 345 g/mol. The van der Waals surface area contributed by atoms with Gasteiger partial charge in [0.15, 0.2) is 5.69 Å². The lowest BCUT2D eigenvalue weighted by Crippen LogP contribution is -2.42. The predicted molar refractivity (Wildman–Crippen MR) is 89.3 cm³/mol. The number of anilines is 1. The SMILES string of the molecule is CC1CN(C(=O)c2cn(C3CCCNC3)nn2)c2ccc(F)cc2O1. The van der Waals surface area contributed by atoms with Crippen molar-refractivity contribution in [2.75, 3.05) is 24.5 Å². The molecule has 0 radical (unpaired) electrons. The molecule has 2 aliphatic rings. The van der Waals surface area contributed by atoms with Gasteiger partial charge in [-0.15, -0.1) is 5.10 Å². The molecule has 8 heteroatoms. The molecular formula is C17H20FN5O2. The molecule has 3 heterocycles. The van der Waals surface area contributed by atoms with Crippen molar-refractivity contribution in [3.8, 4) is 5.75 Å². The number of benzene rings is 1. The molecule has 0 spiro atoms. The van der Waals surface area contributed by atoms with E-state index in [4.69, 9.17) is 4.74 Å². The van der Waals surface area contributed by atoms with Crippen LogP contribution >= 0.6 is 0 Å². The number of amides is 1. The fraction of sp³-hybridized carbons (Fsp3) is 0.471. The molecule has 4 rings (SSSR count). The number of hydrogen-bond donors (Lipinski definition) is 1. The highest BCUT2D eigenvalue weighted by Gasteiger charge is 2.30. The van der Waals surface area contributed by atoms with Crippen molar-refractivity contribution >= 4 is 11.6 Å². The van der Waals surface area contributed by atoms with Gasteiger partial charge >= 0.3 is 0 Å².